The standard InChI is InChI=1S/C12H23NO4S2/c1-9(11(15)16)13(3)10(14)6-7-12(2,8-17-4)19-18-5/h9H,6-8H2,1-5H3,(H,15,16)/t9-,12?/m0/s1. The summed E-state index contributed by atoms with van der Waals surface area (Å²) in [4.78, 5) is 24.1. The largest absolute Gasteiger partial charge is 0.480 e. The first-order chi connectivity index (χ1) is 8.77. The SMILES string of the molecule is COCC(C)(CCC(=O)N(C)[C@@H](C)C(=O)O)SSC. The fourth-order valence-corrected chi connectivity index (χ4v) is 3.93. The summed E-state index contributed by atoms with van der Waals surface area (Å²) in [6, 6.07) is -0.797. The summed E-state index contributed by atoms with van der Waals surface area (Å²) in [6.45, 7) is 4.11. The Morgan fingerprint density at radius 1 is 1.47 bits per heavy atom. The zero-order chi connectivity index (χ0) is 15.1. The highest BCUT2D eigenvalue weighted by Crippen LogP contribution is 2.37. The van der Waals surface area contributed by atoms with Crippen molar-refractivity contribution in [3.63, 3.8) is 0 Å². The summed E-state index contributed by atoms with van der Waals surface area (Å²) in [6.07, 6.45) is 2.96. The number of carboxylic acids is 1. The second kappa shape index (κ2) is 8.71. The fourth-order valence-electron chi connectivity index (χ4n) is 1.57. The molecule has 0 aromatic rings. The smallest absolute Gasteiger partial charge is 0.326 e. The van der Waals surface area contributed by atoms with E-state index < -0.39 is 12.0 Å². The molecule has 1 N–H and O–H groups in total. The average Bonchev–Trinajstić information content (AvgIpc) is 2.34. The van der Waals surface area contributed by atoms with Gasteiger partial charge in [0.15, 0.2) is 0 Å². The third kappa shape index (κ3) is 6.54. The number of carboxylic acid groups (broad SMARTS) is 1. The number of hydrogen-bond acceptors (Lipinski definition) is 5. The van der Waals surface area contributed by atoms with Gasteiger partial charge in [0.1, 0.15) is 6.04 Å². The molecule has 0 aliphatic heterocycles. The van der Waals surface area contributed by atoms with Gasteiger partial charge < -0.3 is 14.7 Å². The van der Waals surface area contributed by atoms with Gasteiger partial charge in [-0.2, -0.15) is 0 Å². The molecule has 1 amide bonds. The van der Waals surface area contributed by atoms with Crippen LogP contribution in [0.3, 0.4) is 0 Å². The normalized spacial score (nSPS) is 15.6. The van der Waals surface area contributed by atoms with Gasteiger partial charge in [0.05, 0.1) is 6.61 Å². The van der Waals surface area contributed by atoms with Gasteiger partial charge in [-0.1, -0.05) is 21.6 Å². The van der Waals surface area contributed by atoms with Gasteiger partial charge in [0, 0.05) is 25.3 Å². The van der Waals surface area contributed by atoms with Gasteiger partial charge in [-0.05, 0) is 26.5 Å². The van der Waals surface area contributed by atoms with Crippen LogP contribution in [-0.4, -0.2) is 59.7 Å². The number of rotatable bonds is 9. The molecule has 19 heavy (non-hydrogen) atoms. The minimum Gasteiger partial charge on any atom is -0.480 e. The zero-order valence-corrected chi connectivity index (χ0v) is 13.8. The lowest BCUT2D eigenvalue weighted by Crippen LogP contribution is -2.41. The summed E-state index contributed by atoms with van der Waals surface area (Å²) in [5, 5.41) is 8.88. The van der Waals surface area contributed by atoms with E-state index in [4.69, 9.17) is 9.84 Å². The lowest BCUT2D eigenvalue weighted by Gasteiger charge is -2.28. The minimum atomic E-state index is -0.992. The van der Waals surface area contributed by atoms with Crippen LogP contribution < -0.4 is 0 Å². The number of likely N-dealkylation sites (N-methyl/N-ethyl adjacent to an activating group) is 1. The molecule has 0 rings (SSSR count). The van der Waals surface area contributed by atoms with Crippen molar-refractivity contribution >= 4 is 33.5 Å². The van der Waals surface area contributed by atoms with Crippen LogP contribution in [0.5, 0.6) is 0 Å². The van der Waals surface area contributed by atoms with Gasteiger partial charge in [-0.15, -0.1) is 0 Å². The van der Waals surface area contributed by atoms with Crippen molar-refractivity contribution in [2.45, 2.75) is 37.5 Å². The molecular formula is C12H23NO4S2. The molecule has 0 saturated heterocycles. The highest BCUT2D eigenvalue weighted by atomic mass is 33.1. The molecule has 112 valence electrons. The number of carbonyl (C=O) groups excluding carboxylic acids is 1. The summed E-state index contributed by atoms with van der Waals surface area (Å²) in [7, 11) is 6.48. The quantitative estimate of drug-likeness (QED) is 0.658. The van der Waals surface area contributed by atoms with Crippen LogP contribution in [0.2, 0.25) is 0 Å². The number of ether oxygens (including phenoxy) is 1. The highest BCUT2D eigenvalue weighted by Gasteiger charge is 2.28. The zero-order valence-electron chi connectivity index (χ0n) is 12.1. The van der Waals surface area contributed by atoms with E-state index in [0.717, 1.165) is 0 Å². The van der Waals surface area contributed by atoms with Gasteiger partial charge in [-0.25, -0.2) is 4.79 Å². The van der Waals surface area contributed by atoms with Crippen molar-refractivity contribution in [2.75, 3.05) is 27.0 Å². The maximum atomic E-state index is 11.9. The molecule has 0 radical (unpaired) electrons. The maximum Gasteiger partial charge on any atom is 0.326 e. The Hall–Kier alpha value is -0.400. The van der Waals surface area contributed by atoms with Crippen molar-refractivity contribution in [2.24, 2.45) is 0 Å². The van der Waals surface area contributed by atoms with Crippen LogP contribution >= 0.6 is 21.6 Å². The Morgan fingerprint density at radius 3 is 2.47 bits per heavy atom. The van der Waals surface area contributed by atoms with Crippen LogP contribution in [-0.2, 0) is 14.3 Å². The van der Waals surface area contributed by atoms with E-state index in [1.807, 2.05) is 13.2 Å². The highest BCUT2D eigenvalue weighted by molar-refractivity contribution is 8.77. The van der Waals surface area contributed by atoms with Crippen molar-refractivity contribution in [1.82, 2.24) is 4.90 Å². The number of amides is 1. The lowest BCUT2D eigenvalue weighted by atomic mass is 10.0. The Balaban J connectivity index is 4.43. The third-order valence-corrected chi connectivity index (χ3v) is 5.53. The Bertz CT molecular complexity index is 306. The minimum absolute atomic E-state index is 0.142. The van der Waals surface area contributed by atoms with Crippen molar-refractivity contribution in [1.29, 1.82) is 0 Å². The molecule has 5 nitrogen and oxygen atoms in total. The average molecular weight is 309 g/mol. The molecule has 0 aromatic carbocycles. The Morgan fingerprint density at radius 2 is 2.05 bits per heavy atom. The van der Waals surface area contributed by atoms with Crippen molar-refractivity contribution in [3.8, 4) is 0 Å². The molecule has 0 heterocycles. The number of aliphatic carboxylic acids is 1. The first-order valence-electron chi connectivity index (χ1n) is 5.96. The summed E-state index contributed by atoms with van der Waals surface area (Å²) in [5.74, 6) is -1.15. The lowest BCUT2D eigenvalue weighted by molar-refractivity contribution is -0.148. The van der Waals surface area contributed by atoms with Crippen LogP contribution in [0, 0.1) is 0 Å². The van der Waals surface area contributed by atoms with Crippen LogP contribution in [0.25, 0.3) is 0 Å². The van der Waals surface area contributed by atoms with E-state index in [1.54, 1.807) is 28.7 Å². The van der Waals surface area contributed by atoms with Gasteiger partial charge >= 0.3 is 5.97 Å². The topological polar surface area (TPSA) is 66.8 Å². The second-order valence-corrected chi connectivity index (χ2v) is 7.64. The van der Waals surface area contributed by atoms with Crippen LogP contribution in [0.15, 0.2) is 0 Å². The molecular weight excluding hydrogens is 286 g/mol. The van der Waals surface area contributed by atoms with Gasteiger partial charge in [-0.3, -0.25) is 4.79 Å². The molecule has 0 aliphatic rings. The molecule has 0 fully saturated rings. The second-order valence-electron chi connectivity index (χ2n) is 4.65. The van der Waals surface area contributed by atoms with E-state index in [9.17, 15) is 9.59 Å². The van der Waals surface area contributed by atoms with Gasteiger partial charge in [0.2, 0.25) is 5.91 Å². The van der Waals surface area contributed by atoms with Crippen LogP contribution in [0.1, 0.15) is 26.7 Å². The molecule has 0 spiro atoms. The predicted octanol–water partition coefficient (Wildman–Crippen LogP) is 2.11. The molecule has 0 bridgehead atoms. The summed E-state index contributed by atoms with van der Waals surface area (Å²) >= 11 is 0. The molecule has 2 atom stereocenters. The van der Waals surface area contributed by atoms with E-state index in [2.05, 4.69) is 0 Å². The molecule has 7 heteroatoms. The number of methoxy groups -OCH3 is 1. The Labute approximate surface area is 122 Å². The van der Waals surface area contributed by atoms with E-state index in [1.165, 1.54) is 18.9 Å². The van der Waals surface area contributed by atoms with Crippen LogP contribution in [0.4, 0.5) is 0 Å². The summed E-state index contributed by atoms with van der Waals surface area (Å²) in [5.41, 5.74) is 0. The molecule has 0 saturated carbocycles. The van der Waals surface area contributed by atoms with Crippen molar-refractivity contribution in [3.05, 3.63) is 0 Å². The van der Waals surface area contributed by atoms with Crippen molar-refractivity contribution < 1.29 is 19.4 Å². The Kier molecular flexibility index (Phi) is 8.52. The van der Waals surface area contributed by atoms with E-state index in [-0.39, 0.29) is 10.7 Å². The first kappa shape index (κ1) is 18.6. The first-order valence-corrected chi connectivity index (χ1v) is 8.52. The number of carbonyl (C=O) groups is 2. The summed E-state index contributed by atoms with van der Waals surface area (Å²) < 4.78 is 5.04. The number of nitrogens with zero attached hydrogens (tertiary/aromatic N) is 1. The molecule has 1 unspecified atom stereocenters. The number of hydrogen-bond donors (Lipinski definition) is 1. The fraction of sp³-hybridized carbons (Fsp3) is 0.833. The third-order valence-electron chi connectivity index (χ3n) is 2.93. The van der Waals surface area contributed by atoms with Gasteiger partial charge in [0.25, 0.3) is 0 Å². The monoisotopic (exact) mass is 309 g/mol. The maximum absolute atomic E-state index is 11.9. The predicted molar refractivity (Wildman–Crippen MR) is 80.5 cm³/mol. The van der Waals surface area contributed by atoms with E-state index >= 15 is 0 Å². The molecule has 0 aromatic heterocycles. The molecule has 0 aliphatic carbocycles. The van der Waals surface area contributed by atoms with E-state index in [0.29, 0.717) is 19.4 Å².